The summed E-state index contributed by atoms with van der Waals surface area (Å²) in [6.07, 6.45) is 0.916. The van der Waals surface area contributed by atoms with E-state index in [1.807, 2.05) is 4.72 Å². The monoisotopic (exact) mass is 401 g/mol. The zero-order valence-electron chi connectivity index (χ0n) is 13.8. The molecule has 1 atom stereocenters. The third-order valence-corrected chi connectivity index (χ3v) is 4.48. The van der Waals surface area contributed by atoms with Crippen molar-refractivity contribution in [2.24, 2.45) is 9.63 Å². The number of rotatable bonds is 7. The molecular formula is C15H16FN3O5S2. The Morgan fingerprint density at radius 3 is 1.92 bits per heavy atom. The van der Waals surface area contributed by atoms with E-state index in [0.29, 0.717) is 11.1 Å². The highest BCUT2D eigenvalue weighted by Crippen LogP contribution is 2.28. The predicted molar refractivity (Wildman–Crippen MR) is 93.0 cm³/mol. The van der Waals surface area contributed by atoms with Crippen LogP contribution in [0.3, 0.4) is 0 Å². The van der Waals surface area contributed by atoms with Gasteiger partial charge in [-0.05, 0) is 39.9 Å². The molecule has 26 heavy (non-hydrogen) atoms. The average molecular weight is 401 g/mol. The molecule has 2 rings (SSSR count). The lowest BCUT2D eigenvalue weighted by Gasteiger charge is -2.13. The third-order valence-electron chi connectivity index (χ3n) is 3.16. The van der Waals surface area contributed by atoms with E-state index in [0.717, 1.165) is 6.26 Å². The maximum absolute atomic E-state index is 13.2. The van der Waals surface area contributed by atoms with Crippen LogP contribution in [0.2, 0.25) is 0 Å². The lowest BCUT2D eigenvalue weighted by Crippen LogP contribution is -2.15. The number of hydrogen-bond donors (Lipinski definition) is 1. The molecule has 1 unspecified atom stereocenters. The van der Waals surface area contributed by atoms with Crippen LogP contribution < -0.4 is 8.91 Å². The Morgan fingerprint density at radius 1 is 0.962 bits per heavy atom. The molecule has 0 aliphatic rings. The molecule has 11 heteroatoms. The average Bonchev–Trinajstić information content (AvgIpc) is 2.56. The van der Waals surface area contributed by atoms with Gasteiger partial charge in [-0.2, -0.15) is 26.7 Å². The fourth-order valence-electron chi connectivity index (χ4n) is 2.00. The van der Waals surface area contributed by atoms with Crippen LogP contribution in [0.5, 0.6) is 5.75 Å². The summed E-state index contributed by atoms with van der Waals surface area (Å²) in [6.45, 7) is 0. The highest BCUT2D eigenvalue weighted by atomic mass is 32.2. The van der Waals surface area contributed by atoms with E-state index in [4.69, 9.17) is 4.18 Å². The molecule has 0 fully saturated rings. The van der Waals surface area contributed by atoms with Crippen molar-refractivity contribution in [2.45, 2.75) is 6.04 Å². The smallest absolute Gasteiger partial charge is 0.336 e. The predicted octanol–water partition coefficient (Wildman–Crippen LogP) is 2.17. The fraction of sp³-hybridized carbons (Fsp3) is 0.200. The number of benzene rings is 2. The standard InChI is InChI=1S/C15H16FN3O5S2/c1-17-26(22,23)19-18-15(11-3-7-13(16)8-4-11)12-5-9-14(10-6-12)24-25(2,20)21/h3-10,15,17H,1-2H3. The maximum Gasteiger partial charge on any atom is 0.336 e. The molecule has 0 aromatic heterocycles. The third kappa shape index (κ3) is 5.86. The van der Waals surface area contributed by atoms with Gasteiger partial charge in [0.1, 0.15) is 17.6 Å². The number of nitrogens with one attached hydrogen (secondary N) is 1. The number of halogens is 1. The van der Waals surface area contributed by atoms with E-state index >= 15 is 0 Å². The van der Waals surface area contributed by atoms with Gasteiger partial charge in [-0.15, -0.1) is 0 Å². The molecule has 0 saturated heterocycles. The Labute approximate surface area is 151 Å². The molecule has 0 heterocycles. The van der Waals surface area contributed by atoms with Crippen molar-refractivity contribution >= 4 is 20.3 Å². The molecule has 0 bridgehead atoms. The largest absolute Gasteiger partial charge is 0.383 e. The molecule has 0 saturated carbocycles. The highest BCUT2D eigenvalue weighted by Gasteiger charge is 2.16. The van der Waals surface area contributed by atoms with Gasteiger partial charge in [0, 0.05) is 7.05 Å². The molecule has 0 radical (unpaired) electrons. The summed E-state index contributed by atoms with van der Waals surface area (Å²) in [5, 5.41) is 3.83. The van der Waals surface area contributed by atoms with Crippen LogP contribution in [0.1, 0.15) is 17.2 Å². The summed E-state index contributed by atoms with van der Waals surface area (Å²) in [6, 6.07) is 10.3. The van der Waals surface area contributed by atoms with E-state index in [9.17, 15) is 21.2 Å². The second-order valence-corrected chi connectivity index (χ2v) is 8.28. The van der Waals surface area contributed by atoms with Crippen LogP contribution in [0, 0.1) is 5.82 Å². The molecule has 0 amide bonds. The van der Waals surface area contributed by atoms with Gasteiger partial charge in [-0.25, -0.2) is 4.39 Å². The van der Waals surface area contributed by atoms with E-state index < -0.39 is 32.2 Å². The summed E-state index contributed by atoms with van der Waals surface area (Å²) in [7, 11) is -6.42. The van der Waals surface area contributed by atoms with E-state index in [-0.39, 0.29) is 5.75 Å². The topological polar surface area (TPSA) is 114 Å². The lowest BCUT2D eigenvalue weighted by molar-refractivity contribution is 0.493. The van der Waals surface area contributed by atoms with E-state index in [1.165, 1.54) is 55.6 Å². The summed E-state index contributed by atoms with van der Waals surface area (Å²) >= 11 is 0. The normalized spacial score (nSPS) is 13.7. The minimum Gasteiger partial charge on any atom is -0.383 e. The summed E-state index contributed by atoms with van der Waals surface area (Å²) in [5.74, 6) is -0.363. The van der Waals surface area contributed by atoms with Gasteiger partial charge < -0.3 is 4.18 Å². The van der Waals surface area contributed by atoms with Gasteiger partial charge in [-0.1, -0.05) is 24.3 Å². The summed E-state index contributed by atoms with van der Waals surface area (Å²) < 4.78 is 68.6. The molecule has 2 aromatic rings. The van der Waals surface area contributed by atoms with Gasteiger partial charge >= 0.3 is 20.3 Å². The van der Waals surface area contributed by atoms with E-state index in [2.05, 4.69) is 9.63 Å². The molecular weight excluding hydrogens is 385 g/mol. The van der Waals surface area contributed by atoms with Gasteiger partial charge in [0.15, 0.2) is 0 Å². The first-order chi connectivity index (χ1) is 12.1. The van der Waals surface area contributed by atoms with Crippen molar-refractivity contribution in [3.05, 3.63) is 65.5 Å². The fourth-order valence-corrected chi connectivity index (χ4v) is 2.76. The Morgan fingerprint density at radius 2 is 1.46 bits per heavy atom. The molecule has 2 aromatic carbocycles. The van der Waals surface area contributed by atoms with Crippen LogP contribution >= 0.6 is 0 Å². The minimum atomic E-state index is -3.94. The second kappa shape index (κ2) is 7.89. The van der Waals surface area contributed by atoms with Crippen molar-refractivity contribution in [1.29, 1.82) is 0 Å². The molecule has 0 spiro atoms. The number of hydrogen-bond acceptors (Lipinski definition) is 6. The summed E-state index contributed by atoms with van der Waals surface area (Å²) in [5.41, 5.74) is 1.01. The Kier molecular flexibility index (Phi) is 6.05. The van der Waals surface area contributed by atoms with Gasteiger partial charge in [-0.3, -0.25) is 0 Å². The van der Waals surface area contributed by atoms with Gasteiger partial charge in [0.05, 0.1) is 6.26 Å². The van der Waals surface area contributed by atoms with Crippen molar-refractivity contribution < 1.29 is 25.4 Å². The SMILES string of the molecule is CNS(=O)(=O)N=NC(c1ccc(F)cc1)c1ccc(OS(C)(=O)=O)cc1. The number of nitrogens with zero attached hydrogens (tertiary/aromatic N) is 2. The Balaban J connectivity index is 2.41. The van der Waals surface area contributed by atoms with Crippen LogP contribution in [-0.2, 0) is 20.3 Å². The van der Waals surface area contributed by atoms with Crippen LogP contribution in [0.15, 0.2) is 58.2 Å². The first-order valence-electron chi connectivity index (χ1n) is 7.20. The first-order valence-corrected chi connectivity index (χ1v) is 10.5. The minimum absolute atomic E-state index is 0.0916. The van der Waals surface area contributed by atoms with Crippen LogP contribution in [-0.4, -0.2) is 30.1 Å². The highest BCUT2D eigenvalue weighted by molar-refractivity contribution is 7.88. The van der Waals surface area contributed by atoms with Crippen molar-refractivity contribution in [2.75, 3.05) is 13.3 Å². The molecule has 1 N–H and O–H groups in total. The van der Waals surface area contributed by atoms with Crippen molar-refractivity contribution in [3.63, 3.8) is 0 Å². The Bertz CT molecular complexity index is 989. The molecule has 8 nitrogen and oxygen atoms in total. The van der Waals surface area contributed by atoms with Crippen molar-refractivity contribution in [1.82, 2.24) is 4.72 Å². The van der Waals surface area contributed by atoms with Crippen molar-refractivity contribution in [3.8, 4) is 5.75 Å². The first kappa shape index (κ1) is 19.9. The quantitative estimate of drug-likeness (QED) is 0.564. The molecule has 140 valence electrons. The molecule has 0 aliphatic heterocycles. The summed E-state index contributed by atoms with van der Waals surface area (Å²) in [4.78, 5) is 0. The van der Waals surface area contributed by atoms with Crippen LogP contribution in [0.25, 0.3) is 0 Å². The lowest BCUT2D eigenvalue weighted by atomic mass is 9.99. The molecule has 0 aliphatic carbocycles. The van der Waals surface area contributed by atoms with Gasteiger partial charge in [0.2, 0.25) is 0 Å². The zero-order valence-corrected chi connectivity index (χ0v) is 15.5. The zero-order chi connectivity index (χ0) is 19.4. The van der Waals surface area contributed by atoms with E-state index in [1.54, 1.807) is 0 Å². The Hall–Kier alpha value is -2.37. The maximum atomic E-state index is 13.2. The van der Waals surface area contributed by atoms with Crippen LogP contribution in [0.4, 0.5) is 4.39 Å². The second-order valence-electron chi connectivity index (χ2n) is 5.19. The van der Waals surface area contributed by atoms with Gasteiger partial charge in [0.25, 0.3) is 0 Å².